The molecule has 0 spiro atoms. The fourth-order valence-corrected chi connectivity index (χ4v) is 1.37. The fraction of sp³-hybridized carbons (Fsp3) is 0.600. The molecule has 0 saturated carbocycles. The number of carboxylic acid groups (broad SMARTS) is 1. The van der Waals surface area contributed by atoms with Gasteiger partial charge in [0.25, 0.3) is 0 Å². The first-order valence-corrected chi connectivity index (χ1v) is 5.59. The Morgan fingerprint density at radius 1 is 1.00 bits per heavy atom. The first kappa shape index (κ1) is 17.6. The van der Waals surface area contributed by atoms with Crippen LogP contribution in [0.25, 0.3) is 0 Å². The number of carboxylic acids is 1. The summed E-state index contributed by atoms with van der Waals surface area (Å²) in [7, 11) is 1.38. The summed E-state index contributed by atoms with van der Waals surface area (Å²) < 4.78 is 4.76. The van der Waals surface area contributed by atoms with Crippen LogP contribution in [0.15, 0.2) is 0 Å². The molecule has 114 valence electrons. The first-order chi connectivity index (χ1) is 9.27. The van der Waals surface area contributed by atoms with Crippen LogP contribution in [-0.4, -0.2) is 78.6 Å². The van der Waals surface area contributed by atoms with E-state index in [-0.39, 0.29) is 13.2 Å². The highest BCUT2D eigenvalue weighted by molar-refractivity contribution is 5.88. The van der Waals surface area contributed by atoms with E-state index in [1.54, 1.807) is 0 Å². The summed E-state index contributed by atoms with van der Waals surface area (Å²) in [5, 5.41) is 8.74. The van der Waals surface area contributed by atoms with Crippen molar-refractivity contribution < 1.29 is 29.0 Å². The number of ether oxygens (including phenoxy) is 1. The van der Waals surface area contributed by atoms with Gasteiger partial charge in [-0.1, -0.05) is 0 Å². The highest BCUT2D eigenvalue weighted by atomic mass is 16.5. The molecule has 0 aromatic rings. The van der Waals surface area contributed by atoms with E-state index < -0.39 is 43.4 Å². The van der Waals surface area contributed by atoms with Crippen molar-refractivity contribution in [3.63, 3.8) is 0 Å². The predicted octanol–water partition coefficient (Wildman–Crippen LogP) is -2.59. The van der Waals surface area contributed by atoms with Crippen LogP contribution < -0.4 is 11.5 Å². The van der Waals surface area contributed by atoms with E-state index in [4.69, 9.17) is 21.3 Å². The average molecular weight is 290 g/mol. The Hall–Kier alpha value is -2.36. The molecule has 5 N–H and O–H groups in total. The first-order valence-electron chi connectivity index (χ1n) is 5.59. The lowest BCUT2D eigenvalue weighted by Crippen LogP contribution is -2.51. The van der Waals surface area contributed by atoms with Crippen LogP contribution in [-0.2, 0) is 19.1 Å². The topological polar surface area (TPSA) is 156 Å². The summed E-state index contributed by atoms with van der Waals surface area (Å²) in [5.41, 5.74) is 9.93. The largest absolute Gasteiger partial charge is 0.480 e. The van der Waals surface area contributed by atoms with Gasteiger partial charge in [0.05, 0.1) is 6.61 Å². The van der Waals surface area contributed by atoms with Gasteiger partial charge in [0.15, 0.2) is 0 Å². The second-order valence-electron chi connectivity index (χ2n) is 3.88. The second-order valence-corrected chi connectivity index (χ2v) is 3.88. The van der Waals surface area contributed by atoms with Gasteiger partial charge >= 0.3 is 12.0 Å². The lowest BCUT2D eigenvalue weighted by Gasteiger charge is -2.28. The summed E-state index contributed by atoms with van der Waals surface area (Å²) in [5.74, 6) is -2.93. The van der Waals surface area contributed by atoms with Crippen molar-refractivity contribution >= 4 is 23.8 Å². The van der Waals surface area contributed by atoms with Gasteiger partial charge in [-0.2, -0.15) is 0 Å². The Morgan fingerprint density at radius 3 is 1.85 bits per heavy atom. The molecular weight excluding hydrogens is 272 g/mol. The van der Waals surface area contributed by atoms with Gasteiger partial charge in [0.1, 0.15) is 19.6 Å². The summed E-state index contributed by atoms with van der Waals surface area (Å²) in [6.07, 6.45) is 0. The summed E-state index contributed by atoms with van der Waals surface area (Å²) in [6.45, 7) is -1.60. The highest BCUT2D eigenvalue weighted by Crippen LogP contribution is 2.00. The van der Waals surface area contributed by atoms with Crippen LogP contribution in [0.5, 0.6) is 0 Å². The van der Waals surface area contributed by atoms with E-state index in [1.807, 2.05) is 0 Å². The van der Waals surface area contributed by atoms with Crippen LogP contribution in [0.2, 0.25) is 0 Å². The molecule has 4 amide bonds. The number of hydrogen-bond donors (Lipinski definition) is 3. The SMILES string of the molecule is COCCN(CC(=O)O)C(=O)N(CC(N)=O)CC(N)=O. The van der Waals surface area contributed by atoms with Crippen LogP contribution in [0, 0.1) is 0 Å². The summed E-state index contributed by atoms with van der Waals surface area (Å²) in [4.78, 5) is 46.2. The third-order valence-electron chi connectivity index (χ3n) is 2.13. The van der Waals surface area contributed by atoms with E-state index >= 15 is 0 Å². The molecule has 10 heteroatoms. The maximum atomic E-state index is 12.1. The van der Waals surface area contributed by atoms with E-state index in [2.05, 4.69) is 0 Å². The van der Waals surface area contributed by atoms with Gasteiger partial charge < -0.3 is 31.1 Å². The van der Waals surface area contributed by atoms with Crippen molar-refractivity contribution in [3.8, 4) is 0 Å². The Labute approximate surface area is 115 Å². The number of rotatable bonds is 9. The molecule has 10 nitrogen and oxygen atoms in total. The van der Waals surface area contributed by atoms with E-state index in [1.165, 1.54) is 7.11 Å². The Kier molecular flexibility index (Phi) is 7.67. The van der Waals surface area contributed by atoms with Crippen molar-refractivity contribution in [1.82, 2.24) is 9.80 Å². The van der Waals surface area contributed by atoms with Crippen molar-refractivity contribution in [2.45, 2.75) is 0 Å². The standard InChI is InChI=1S/C10H18N4O6/c1-20-3-2-13(6-9(17)18)10(19)14(4-7(11)15)5-8(12)16/h2-6H2,1H3,(H2,11,15)(H2,12,16)(H,17,18). The van der Waals surface area contributed by atoms with Crippen LogP contribution >= 0.6 is 0 Å². The molecule has 0 atom stereocenters. The van der Waals surface area contributed by atoms with Crippen LogP contribution in [0.1, 0.15) is 0 Å². The lowest BCUT2D eigenvalue weighted by atomic mass is 10.4. The quantitative estimate of drug-likeness (QED) is 0.423. The number of nitrogens with two attached hydrogens (primary N) is 2. The normalized spacial score (nSPS) is 9.85. The van der Waals surface area contributed by atoms with Crippen molar-refractivity contribution in [2.75, 3.05) is 39.9 Å². The smallest absolute Gasteiger partial charge is 0.323 e. The van der Waals surface area contributed by atoms with Crippen LogP contribution in [0.3, 0.4) is 0 Å². The number of amides is 4. The molecule has 0 aliphatic rings. The van der Waals surface area contributed by atoms with E-state index in [0.717, 1.165) is 9.80 Å². The molecule has 0 saturated heterocycles. The van der Waals surface area contributed by atoms with Gasteiger partial charge in [-0.05, 0) is 0 Å². The Balaban J connectivity index is 4.95. The molecule has 0 aliphatic heterocycles. The summed E-state index contributed by atoms with van der Waals surface area (Å²) >= 11 is 0. The molecule has 0 aromatic heterocycles. The zero-order valence-electron chi connectivity index (χ0n) is 11.1. The number of urea groups is 1. The molecule has 0 unspecified atom stereocenters. The number of carbonyl (C=O) groups excluding carboxylic acids is 3. The Bertz CT molecular complexity index is 370. The minimum absolute atomic E-state index is 0.0182. The van der Waals surface area contributed by atoms with Gasteiger partial charge in [-0.25, -0.2) is 4.79 Å². The average Bonchev–Trinajstić information content (AvgIpc) is 2.31. The molecular formula is C10H18N4O6. The summed E-state index contributed by atoms with van der Waals surface area (Å²) in [6, 6.07) is -0.831. The number of aliphatic carboxylic acids is 1. The molecule has 0 aliphatic carbocycles. The van der Waals surface area contributed by atoms with Crippen LogP contribution in [0.4, 0.5) is 4.79 Å². The Morgan fingerprint density at radius 2 is 1.50 bits per heavy atom. The number of primary amides is 2. The van der Waals surface area contributed by atoms with Gasteiger partial charge in [-0.15, -0.1) is 0 Å². The third-order valence-corrected chi connectivity index (χ3v) is 2.13. The minimum atomic E-state index is -1.24. The minimum Gasteiger partial charge on any atom is -0.480 e. The van der Waals surface area contributed by atoms with Gasteiger partial charge in [0.2, 0.25) is 11.8 Å². The number of nitrogens with zero attached hydrogens (tertiary/aromatic N) is 2. The number of carbonyl (C=O) groups is 4. The van der Waals surface area contributed by atoms with E-state index in [0.29, 0.717) is 0 Å². The highest BCUT2D eigenvalue weighted by Gasteiger charge is 2.25. The third kappa shape index (κ3) is 7.16. The zero-order valence-corrected chi connectivity index (χ0v) is 11.1. The molecule has 0 aromatic carbocycles. The lowest BCUT2D eigenvalue weighted by molar-refractivity contribution is -0.137. The van der Waals surface area contributed by atoms with Gasteiger partial charge in [0, 0.05) is 13.7 Å². The molecule has 0 rings (SSSR count). The predicted molar refractivity (Wildman–Crippen MR) is 66.4 cm³/mol. The molecule has 0 heterocycles. The van der Waals surface area contributed by atoms with Crippen molar-refractivity contribution in [2.24, 2.45) is 11.5 Å². The maximum Gasteiger partial charge on any atom is 0.323 e. The van der Waals surface area contributed by atoms with Crippen molar-refractivity contribution in [1.29, 1.82) is 0 Å². The van der Waals surface area contributed by atoms with Crippen molar-refractivity contribution in [3.05, 3.63) is 0 Å². The molecule has 0 radical (unpaired) electrons. The maximum absolute atomic E-state index is 12.1. The number of methoxy groups -OCH3 is 1. The molecule has 20 heavy (non-hydrogen) atoms. The number of hydrogen-bond acceptors (Lipinski definition) is 5. The fourth-order valence-electron chi connectivity index (χ4n) is 1.37. The van der Waals surface area contributed by atoms with E-state index in [9.17, 15) is 19.2 Å². The molecule has 0 bridgehead atoms. The second kappa shape index (κ2) is 8.69. The molecule has 0 fully saturated rings. The van der Waals surface area contributed by atoms with Gasteiger partial charge in [-0.3, -0.25) is 14.4 Å². The zero-order chi connectivity index (χ0) is 15.7. The monoisotopic (exact) mass is 290 g/mol.